The molecular weight excluding hydrogens is 604 g/mol. The normalized spacial score (nSPS) is 19.2. The van der Waals surface area contributed by atoms with E-state index < -0.39 is 41.3 Å². The molecule has 3 atom stereocenters. The van der Waals surface area contributed by atoms with Crippen molar-refractivity contribution in [1.82, 2.24) is 20.4 Å². The van der Waals surface area contributed by atoms with Gasteiger partial charge in [0.05, 0.1) is 22.2 Å². The molecule has 6 rings (SSSR count). The molecule has 9 nitrogen and oxygen atoms in total. The lowest BCUT2D eigenvalue weighted by Crippen LogP contribution is -2.48. The smallest absolute Gasteiger partial charge is 0.351 e. The topological polar surface area (TPSA) is 92.8 Å². The van der Waals surface area contributed by atoms with Crippen molar-refractivity contribution in [3.05, 3.63) is 118 Å². The summed E-state index contributed by atoms with van der Waals surface area (Å²) in [7, 11) is 0. The van der Waals surface area contributed by atoms with Gasteiger partial charge in [0.2, 0.25) is 5.91 Å². The summed E-state index contributed by atoms with van der Waals surface area (Å²) < 4.78 is 55.9. The van der Waals surface area contributed by atoms with Crippen LogP contribution in [0.2, 0.25) is 0 Å². The Bertz CT molecular complexity index is 1820. The third-order valence-electron chi connectivity index (χ3n) is 8.14. The van der Waals surface area contributed by atoms with Crippen LogP contribution >= 0.6 is 0 Å². The van der Waals surface area contributed by atoms with Gasteiger partial charge in [-0.25, -0.2) is 19.2 Å². The number of fused-ring (bicyclic) bond motifs is 1. The van der Waals surface area contributed by atoms with Crippen LogP contribution in [0.1, 0.15) is 58.0 Å². The third-order valence-corrected chi connectivity index (χ3v) is 8.14. The van der Waals surface area contributed by atoms with Crippen molar-refractivity contribution in [2.45, 2.75) is 31.5 Å². The lowest BCUT2D eigenvalue weighted by molar-refractivity contribution is -0.137. The zero-order valence-corrected chi connectivity index (χ0v) is 24.6. The quantitative estimate of drug-likeness (QED) is 0.197. The minimum Gasteiger partial charge on any atom is -0.351 e. The molecule has 2 aliphatic heterocycles. The number of nitrogens with zero attached hydrogens (tertiary/aromatic N) is 4. The van der Waals surface area contributed by atoms with Gasteiger partial charge < -0.3 is 5.32 Å². The van der Waals surface area contributed by atoms with E-state index in [1.54, 1.807) is 21.7 Å². The second kappa shape index (κ2) is 12.5. The summed E-state index contributed by atoms with van der Waals surface area (Å²) in [6.07, 6.45) is -1.50. The van der Waals surface area contributed by atoms with Crippen LogP contribution in [-0.2, 0) is 15.8 Å². The number of rotatable bonds is 7. The summed E-state index contributed by atoms with van der Waals surface area (Å²) >= 11 is 0. The Hall–Kier alpha value is -5.38. The zero-order valence-electron chi connectivity index (χ0n) is 24.6. The van der Waals surface area contributed by atoms with Crippen LogP contribution in [0.5, 0.6) is 0 Å². The molecule has 2 N–H and O–H groups in total. The van der Waals surface area contributed by atoms with Gasteiger partial charge in [-0.15, -0.1) is 0 Å². The van der Waals surface area contributed by atoms with E-state index in [1.807, 2.05) is 37.3 Å². The lowest BCUT2D eigenvalue weighted by atomic mass is 9.76. The fourth-order valence-corrected chi connectivity index (χ4v) is 6.00. The molecule has 0 bridgehead atoms. The van der Waals surface area contributed by atoms with E-state index in [9.17, 15) is 27.2 Å². The molecule has 3 aromatic carbocycles. The van der Waals surface area contributed by atoms with Gasteiger partial charge in [-0.05, 0) is 55.0 Å². The van der Waals surface area contributed by atoms with Gasteiger partial charge in [-0.1, -0.05) is 36.4 Å². The second-order valence-electron chi connectivity index (χ2n) is 10.9. The summed E-state index contributed by atoms with van der Waals surface area (Å²) in [5.41, 5.74) is 1.41. The van der Waals surface area contributed by atoms with Crippen LogP contribution in [0.25, 0.3) is 10.7 Å². The number of alkyl halides is 3. The molecule has 1 aromatic heterocycles. The van der Waals surface area contributed by atoms with E-state index >= 15 is 0 Å². The number of carbonyl (C=O) groups excluding carboxylic acids is 2. The minimum absolute atomic E-state index is 0.195. The summed E-state index contributed by atoms with van der Waals surface area (Å²) in [5, 5.41) is 14.6. The molecule has 0 saturated heterocycles. The van der Waals surface area contributed by atoms with Crippen LogP contribution in [0.15, 0.2) is 78.9 Å². The Labute approximate surface area is 261 Å². The largest absolute Gasteiger partial charge is 0.432 e. The van der Waals surface area contributed by atoms with Crippen molar-refractivity contribution in [2.24, 2.45) is 5.92 Å². The number of aromatic nitrogens is 2. The number of para-hydroxylation sites is 1. The maximum atomic E-state index is 14.4. The first-order valence-electron chi connectivity index (χ1n) is 14.7. The standard InChI is InChI=1S/C33H28F4N6O3/c1-2-42-31-28(29(26-15-16-46-40-19-39-26)41-43(31)24-9-4-3-5-10-24)27(20-11-13-23(34)14-12-20)25(32(42)45)18-38-30(44)21-7-6-8-22(17-21)33(35,36)37/h3-14,17,25-27H,2,15-16,18H2,1H3,(H,38,44)/p+1/t25-,26+,27+/m0/s1. The number of benzene rings is 3. The summed E-state index contributed by atoms with van der Waals surface area (Å²) in [6.45, 7) is 2.13. The van der Waals surface area contributed by atoms with Crippen LogP contribution in [-0.4, -0.2) is 41.3 Å². The molecule has 0 aliphatic carbocycles. The van der Waals surface area contributed by atoms with Crippen LogP contribution < -0.4 is 15.5 Å². The van der Waals surface area contributed by atoms with E-state index in [0.717, 1.165) is 18.2 Å². The maximum absolute atomic E-state index is 14.4. The maximum Gasteiger partial charge on any atom is 0.432 e. The van der Waals surface area contributed by atoms with E-state index in [0.29, 0.717) is 34.7 Å². The predicted octanol–water partition coefficient (Wildman–Crippen LogP) is 5.83. The molecule has 0 unspecified atom stereocenters. The van der Waals surface area contributed by atoms with Crippen molar-refractivity contribution in [3.8, 4) is 11.9 Å². The van der Waals surface area contributed by atoms with Crippen molar-refractivity contribution >= 4 is 17.6 Å². The summed E-state index contributed by atoms with van der Waals surface area (Å²) in [4.78, 5) is 34.4. The Balaban J connectivity index is 1.48. The highest BCUT2D eigenvalue weighted by Crippen LogP contribution is 2.47. The molecular formula is C33H29F4N6O3+. The first-order chi connectivity index (χ1) is 22.2. The van der Waals surface area contributed by atoms with E-state index in [1.165, 1.54) is 18.2 Å². The van der Waals surface area contributed by atoms with Crippen molar-refractivity contribution in [3.63, 3.8) is 0 Å². The molecule has 2 aliphatic rings. The summed E-state index contributed by atoms with van der Waals surface area (Å²) in [5.74, 6) is -2.68. The molecule has 13 heteroatoms. The van der Waals surface area contributed by atoms with E-state index in [2.05, 4.69) is 21.8 Å². The third kappa shape index (κ3) is 5.85. The molecule has 0 spiro atoms. The van der Waals surface area contributed by atoms with Gasteiger partial charge in [-0.2, -0.15) is 18.3 Å². The van der Waals surface area contributed by atoms with Gasteiger partial charge in [0.25, 0.3) is 5.91 Å². The highest BCUT2D eigenvalue weighted by molar-refractivity contribution is 6.00. The fourth-order valence-electron chi connectivity index (χ4n) is 6.00. The van der Waals surface area contributed by atoms with Gasteiger partial charge >= 0.3 is 12.4 Å². The summed E-state index contributed by atoms with van der Waals surface area (Å²) in [6, 6.07) is 18.7. The van der Waals surface area contributed by atoms with E-state index in [4.69, 9.17) is 9.94 Å². The first-order valence-corrected chi connectivity index (χ1v) is 14.7. The van der Waals surface area contributed by atoms with Crippen LogP contribution in [0, 0.1) is 17.9 Å². The highest BCUT2D eigenvalue weighted by Gasteiger charge is 2.47. The Morgan fingerprint density at radius 3 is 2.59 bits per heavy atom. The first kappa shape index (κ1) is 30.6. The molecule has 0 radical (unpaired) electrons. The Morgan fingerprint density at radius 2 is 1.87 bits per heavy atom. The molecule has 2 amide bonds. The minimum atomic E-state index is -4.63. The lowest BCUT2D eigenvalue weighted by Gasteiger charge is -2.38. The molecule has 0 fully saturated rings. The van der Waals surface area contributed by atoms with Crippen molar-refractivity contribution in [2.75, 3.05) is 24.6 Å². The SMILES string of the molecule is CCN1C(=O)[C@@H](CNC(=O)c2cccc(C(F)(F)F)c2)[C@@H](c2ccc(F)cc2)c2c([C@H]3CCO[N+]#CN3)nn(-c3ccccc3)c21. The molecule has 4 aromatic rings. The van der Waals surface area contributed by atoms with Gasteiger partial charge in [0.1, 0.15) is 17.3 Å². The highest BCUT2D eigenvalue weighted by atomic mass is 19.4. The number of amides is 2. The number of anilines is 1. The zero-order chi connectivity index (χ0) is 32.4. The van der Waals surface area contributed by atoms with Crippen molar-refractivity contribution < 1.29 is 32.0 Å². The Kier molecular flexibility index (Phi) is 8.36. The fraction of sp³-hybridized carbons (Fsp3) is 0.273. The number of nitrogens with one attached hydrogen (secondary N) is 2. The molecule has 236 valence electrons. The molecule has 3 heterocycles. The Morgan fingerprint density at radius 1 is 1.11 bits per heavy atom. The van der Waals surface area contributed by atoms with Crippen LogP contribution in [0.4, 0.5) is 23.4 Å². The van der Waals surface area contributed by atoms with Gasteiger partial charge in [-0.3, -0.25) is 14.5 Å². The number of hydrogen-bond donors (Lipinski definition) is 2. The van der Waals surface area contributed by atoms with Crippen molar-refractivity contribution in [1.29, 1.82) is 0 Å². The van der Waals surface area contributed by atoms with Crippen LogP contribution in [0.3, 0.4) is 0 Å². The van der Waals surface area contributed by atoms with Gasteiger partial charge in [0, 0.05) is 36.6 Å². The predicted molar refractivity (Wildman–Crippen MR) is 161 cm³/mol. The average molecular weight is 634 g/mol. The van der Waals surface area contributed by atoms with E-state index in [-0.39, 0.29) is 31.2 Å². The molecule has 46 heavy (non-hydrogen) atoms. The molecule has 0 saturated carbocycles. The number of halogens is 4. The number of hydrogen-bond acceptors (Lipinski definition) is 5. The number of carbonyl (C=O) groups is 2. The second-order valence-corrected chi connectivity index (χ2v) is 10.9. The monoisotopic (exact) mass is 633 g/mol. The van der Waals surface area contributed by atoms with Gasteiger partial charge in [0.15, 0.2) is 12.6 Å². The average Bonchev–Trinajstić information content (AvgIpc) is 3.23.